The van der Waals surface area contributed by atoms with Crippen LogP contribution < -0.4 is 0 Å². The van der Waals surface area contributed by atoms with Crippen LogP contribution in [-0.2, 0) is 14.3 Å². The summed E-state index contributed by atoms with van der Waals surface area (Å²) in [5.74, 6) is -1.51. The molecule has 4 heteroatoms. The van der Waals surface area contributed by atoms with E-state index in [4.69, 9.17) is 5.11 Å². The average molecular weight is 214 g/mol. The van der Waals surface area contributed by atoms with Crippen molar-refractivity contribution in [1.29, 1.82) is 0 Å². The van der Waals surface area contributed by atoms with Gasteiger partial charge in [-0.15, -0.1) is 6.58 Å². The monoisotopic (exact) mass is 214 g/mol. The molecular weight excluding hydrogens is 196 g/mol. The number of aliphatic carboxylic acids is 1. The lowest BCUT2D eigenvalue weighted by atomic mass is 10.1. The second kappa shape index (κ2) is 10.5. The zero-order chi connectivity index (χ0) is 12.3. The fraction of sp³-hybridized carbons (Fsp3) is 0.455. The molecule has 0 spiro atoms. The molecule has 0 aromatic carbocycles. The summed E-state index contributed by atoms with van der Waals surface area (Å²) in [6.45, 7) is 10.6. The first-order chi connectivity index (χ1) is 7.03. The molecule has 1 atom stereocenters. The molecule has 0 saturated carbocycles. The van der Waals surface area contributed by atoms with E-state index < -0.39 is 5.97 Å². The van der Waals surface area contributed by atoms with Crippen LogP contribution in [0.4, 0.5) is 0 Å². The summed E-state index contributed by atoms with van der Waals surface area (Å²) in [5.41, 5.74) is 0. The summed E-state index contributed by atoms with van der Waals surface area (Å²) in [5, 5.41) is 8.30. The zero-order valence-corrected chi connectivity index (χ0v) is 9.23. The van der Waals surface area contributed by atoms with Gasteiger partial charge in [0.25, 0.3) is 0 Å². The minimum atomic E-state index is -0.789. The number of carboxylic acids is 1. The van der Waals surface area contributed by atoms with Crippen molar-refractivity contribution in [1.82, 2.24) is 0 Å². The van der Waals surface area contributed by atoms with E-state index in [0.717, 1.165) is 6.08 Å². The Morgan fingerprint density at radius 3 is 2.00 bits per heavy atom. The van der Waals surface area contributed by atoms with Crippen molar-refractivity contribution >= 4 is 11.9 Å². The maximum Gasteiger partial charge on any atom is 0.330 e. The third kappa shape index (κ3) is 10.3. The van der Waals surface area contributed by atoms with E-state index in [0.29, 0.717) is 13.0 Å². The van der Waals surface area contributed by atoms with Gasteiger partial charge in [-0.25, -0.2) is 4.79 Å². The highest BCUT2D eigenvalue weighted by atomic mass is 16.5. The normalized spacial score (nSPS) is 10.3. The fourth-order valence-electron chi connectivity index (χ4n) is 0.643. The molecule has 0 aliphatic carbocycles. The minimum absolute atomic E-state index is 0.359. The molecule has 0 heterocycles. The molecule has 0 amide bonds. The van der Waals surface area contributed by atoms with Crippen LogP contribution in [0.2, 0.25) is 0 Å². The quantitative estimate of drug-likeness (QED) is 0.432. The second-order valence-corrected chi connectivity index (χ2v) is 2.54. The van der Waals surface area contributed by atoms with Crippen LogP contribution in [-0.4, -0.2) is 23.7 Å². The molecule has 0 saturated heterocycles. The molecule has 0 aliphatic heterocycles. The van der Waals surface area contributed by atoms with E-state index in [1.807, 2.05) is 6.92 Å². The molecule has 4 nitrogen and oxygen atoms in total. The van der Waals surface area contributed by atoms with Crippen molar-refractivity contribution in [3.05, 3.63) is 25.3 Å². The highest BCUT2D eigenvalue weighted by Crippen LogP contribution is 2.01. The van der Waals surface area contributed by atoms with Gasteiger partial charge >= 0.3 is 11.9 Å². The summed E-state index contributed by atoms with van der Waals surface area (Å²) in [6.07, 6.45) is 3.21. The van der Waals surface area contributed by atoms with E-state index >= 15 is 0 Å². The minimum Gasteiger partial charge on any atom is -0.481 e. The number of hydrogen-bond acceptors (Lipinski definition) is 3. The van der Waals surface area contributed by atoms with Gasteiger partial charge in [-0.1, -0.05) is 19.6 Å². The number of rotatable bonds is 5. The number of carbonyl (C=O) groups excluding carboxylic acids is 1. The molecule has 1 N–H and O–H groups in total. The van der Waals surface area contributed by atoms with E-state index in [-0.39, 0.29) is 11.9 Å². The largest absolute Gasteiger partial charge is 0.481 e. The lowest BCUT2D eigenvalue weighted by Gasteiger charge is -1.98. The van der Waals surface area contributed by atoms with Crippen LogP contribution in [0.15, 0.2) is 25.3 Å². The van der Waals surface area contributed by atoms with E-state index in [9.17, 15) is 9.59 Å². The van der Waals surface area contributed by atoms with Gasteiger partial charge in [-0.3, -0.25) is 4.79 Å². The van der Waals surface area contributed by atoms with Crippen LogP contribution in [0.5, 0.6) is 0 Å². The molecule has 0 fully saturated rings. The number of hydrogen-bond donors (Lipinski definition) is 1. The standard InChI is InChI=1S/C6H10O2.C5H8O2/c1-3-5(4-2)6(7)8;1-3-5(6)7-4-2/h3,5H,1,4H2,2H3,(H,7,8);3H,1,4H2,2H3. The zero-order valence-electron chi connectivity index (χ0n) is 9.23. The first-order valence-electron chi connectivity index (χ1n) is 4.67. The Labute approximate surface area is 90.2 Å². The summed E-state index contributed by atoms with van der Waals surface area (Å²) in [6, 6.07) is 0. The van der Waals surface area contributed by atoms with Gasteiger partial charge in [0.2, 0.25) is 0 Å². The van der Waals surface area contributed by atoms with Crippen LogP contribution in [0.3, 0.4) is 0 Å². The second-order valence-electron chi connectivity index (χ2n) is 2.54. The molecule has 0 bridgehead atoms. The maximum absolute atomic E-state index is 10.1. The summed E-state index contributed by atoms with van der Waals surface area (Å²) < 4.78 is 4.43. The maximum atomic E-state index is 10.1. The first-order valence-corrected chi connectivity index (χ1v) is 4.67. The Morgan fingerprint density at radius 2 is 1.93 bits per heavy atom. The molecule has 15 heavy (non-hydrogen) atoms. The number of esters is 1. The third-order valence-corrected chi connectivity index (χ3v) is 1.49. The SMILES string of the molecule is C=CC(=O)OCC.C=CC(CC)C(=O)O. The molecular formula is C11H18O4. The van der Waals surface area contributed by atoms with Crippen molar-refractivity contribution in [2.45, 2.75) is 20.3 Å². The molecule has 1 unspecified atom stereocenters. The Hall–Kier alpha value is -1.58. The van der Waals surface area contributed by atoms with E-state index in [1.54, 1.807) is 6.92 Å². The van der Waals surface area contributed by atoms with Gasteiger partial charge in [0.1, 0.15) is 0 Å². The summed E-state index contributed by atoms with van der Waals surface area (Å²) in [7, 11) is 0. The highest BCUT2D eigenvalue weighted by molar-refractivity contribution is 5.81. The van der Waals surface area contributed by atoms with Gasteiger partial charge in [0.05, 0.1) is 12.5 Å². The fourth-order valence-corrected chi connectivity index (χ4v) is 0.643. The van der Waals surface area contributed by atoms with Gasteiger partial charge in [-0.05, 0) is 13.3 Å². The van der Waals surface area contributed by atoms with Crippen LogP contribution in [0.25, 0.3) is 0 Å². The van der Waals surface area contributed by atoms with Gasteiger partial charge < -0.3 is 9.84 Å². The van der Waals surface area contributed by atoms with Crippen LogP contribution in [0, 0.1) is 5.92 Å². The molecule has 0 aromatic rings. The molecule has 86 valence electrons. The third-order valence-electron chi connectivity index (χ3n) is 1.49. The number of carbonyl (C=O) groups is 2. The average Bonchev–Trinajstić information content (AvgIpc) is 2.20. The van der Waals surface area contributed by atoms with E-state index in [2.05, 4.69) is 17.9 Å². The number of carboxylic acid groups (broad SMARTS) is 1. The summed E-state index contributed by atoms with van der Waals surface area (Å²) >= 11 is 0. The van der Waals surface area contributed by atoms with Crippen LogP contribution in [0.1, 0.15) is 20.3 Å². The predicted molar refractivity (Wildman–Crippen MR) is 58.4 cm³/mol. The van der Waals surface area contributed by atoms with Gasteiger partial charge in [-0.2, -0.15) is 0 Å². The van der Waals surface area contributed by atoms with Crippen molar-refractivity contribution < 1.29 is 19.4 Å². The highest BCUT2D eigenvalue weighted by Gasteiger charge is 2.07. The molecule has 0 aliphatic rings. The Kier molecular flexibility index (Phi) is 11.1. The smallest absolute Gasteiger partial charge is 0.330 e. The number of ether oxygens (including phenoxy) is 1. The van der Waals surface area contributed by atoms with Gasteiger partial charge in [0, 0.05) is 6.08 Å². The van der Waals surface area contributed by atoms with Crippen molar-refractivity contribution in [3.63, 3.8) is 0 Å². The van der Waals surface area contributed by atoms with E-state index in [1.165, 1.54) is 6.08 Å². The topological polar surface area (TPSA) is 63.6 Å². The first kappa shape index (κ1) is 15.9. The lowest BCUT2D eigenvalue weighted by Crippen LogP contribution is -2.08. The predicted octanol–water partition coefficient (Wildman–Crippen LogP) is 2.02. The summed E-state index contributed by atoms with van der Waals surface area (Å²) in [4.78, 5) is 20.2. The Balaban J connectivity index is 0. The van der Waals surface area contributed by atoms with Crippen molar-refractivity contribution in [3.8, 4) is 0 Å². The Bertz CT molecular complexity index is 221. The van der Waals surface area contributed by atoms with Gasteiger partial charge in [0.15, 0.2) is 0 Å². The Morgan fingerprint density at radius 1 is 1.40 bits per heavy atom. The molecule has 0 radical (unpaired) electrons. The van der Waals surface area contributed by atoms with Crippen LogP contribution >= 0.6 is 0 Å². The van der Waals surface area contributed by atoms with Crippen molar-refractivity contribution in [2.75, 3.05) is 6.61 Å². The van der Waals surface area contributed by atoms with Crippen molar-refractivity contribution in [2.24, 2.45) is 5.92 Å². The molecule has 0 aromatic heterocycles. The lowest BCUT2D eigenvalue weighted by molar-refractivity contribution is -0.140. The molecule has 0 rings (SSSR count).